The molecule has 0 aliphatic rings. The average Bonchev–Trinajstić information content (AvgIpc) is 3.14. The Morgan fingerprint density at radius 1 is 1.23 bits per heavy atom. The second kappa shape index (κ2) is 8.82. The van der Waals surface area contributed by atoms with E-state index in [1.807, 2.05) is 54.8 Å². The summed E-state index contributed by atoms with van der Waals surface area (Å²) in [6.45, 7) is 2.51. The largest absolute Gasteiger partial charge is 0.483 e. The highest BCUT2D eigenvalue weighted by Gasteiger charge is 2.09. The van der Waals surface area contributed by atoms with Crippen LogP contribution in [-0.2, 0) is 11.3 Å². The third kappa shape index (κ3) is 5.31. The van der Waals surface area contributed by atoms with E-state index >= 15 is 0 Å². The van der Waals surface area contributed by atoms with Crippen molar-refractivity contribution >= 4 is 44.0 Å². The second-order valence-corrected chi connectivity index (χ2v) is 7.46. The predicted octanol–water partition coefficient (Wildman–Crippen LogP) is 4.84. The highest BCUT2D eigenvalue weighted by atomic mass is 79.9. The summed E-state index contributed by atoms with van der Waals surface area (Å²) in [5.41, 5.74) is 2.84. The second-order valence-electron chi connectivity index (χ2n) is 5.65. The predicted molar refractivity (Wildman–Crippen MR) is 109 cm³/mol. The fourth-order valence-electron chi connectivity index (χ4n) is 2.29. The Kier molecular flexibility index (Phi) is 6.25. The summed E-state index contributed by atoms with van der Waals surface area (Å²) in [6, 6.07) is 13.4. The van der Waals surface area contributed by atoms with Gasteiger partial charge in [0.05, 0.1) is 0 Å². The van der Waals surface area contributed by atoms with Gasteiger partial charge in [-0.25, -0.2) is 4.98 Å². The fourth-order valence-corrected chi connectivity index (χ4v) is 3.22. The van der Waals surface area contributed by atoms with Gasteiger partial charge in [-0.1, -0.05) is 33.6 Å². The molecule has 1 heterocycles. The lowest BCUT2D eigenvalue weighted by Gasteiger charge is -2.13. The Morgan fingerprint density at radius 3 is 2.77 bits per heavy atom. The van der Waals surface area contributed by atoms with Crippen molar-refractivity contribution in [2.24, 2.45) is 0 Å². The highest BCUT2D eigenvalue weighted by Crippen LogP contribution is 2.25. The first-order chi connectivity index (χ1) is 12.6. The van der Waals surface area contributed by atoms with E-state index < -0.39 is 0 Å². The molecule has 134 valence electrons. The fraction of sp³-hybridized carbons (Fsp3) is 0.158. The number of aryl methyl sites for hydroxylation is 1. The lowest BCUT2D eigenvalue weighted by atomic mass is 10.2. The average molecular weight is 432 g/mol. The summed E-state index contributed by atoms with van der Waals surface area (Å²) in [5.74, 6) is 0.465. The SMILES string of the molecule is Cc1ccc(NC(=O)COc2ccc(Br)cc2CNc2nccs2)cc1. The number of carbonyl (C=O) groups excluding carboxylic acids is 1. The van der Waals surface area contributed by atoms with Gasteiger partial charge in [-0.05, 0) is 37.3 Å². The van der Waals surface area contributed by atoms with E-state index in [0.717, 1.165) is 26.4 Å². The lowest BCUT2D eigenvalue weighted by Crippen LogP contribution is -2.20. The maximum Gasteiger partial charge on any atom is 0.262 e. The maximum absolute atomic E-state index is 12.1. The number of aromatic nitrogens is 1. The molecule has 0 saturated carbocycles. The van der Waals surface area contributed by atoms with Crippen LogP contribution in [0.3, 0.4) is 0 Å². The molecular weight excluding hydrogens is 414 g/mol. The zero-order valence-corrected chi connectivity index (χ0v) is 16.6. The highest BCUT2D eigenvalue weighted by molar-refractivity contribution is 9.10. The van der Waals surface area contributed by atoms with E-state index in [1.165, 1.54) is 11.3 Å². The van der Waals surface area contributed by atoms with Crippen molar-refractivity contribution in [3.8, 4) is 5.75 Å². The Bertz CT molecular complexity index is 867. The molecule has 0 aliphatic heterocycles. The zero-order valence-electron chi connectivity index (χ0n) is 14.2. The van der Waals surface area contributed by atoms with E-state index in [0.29, 0.717) is 12.3 Å². The molecule has 0 aliphatic carbocycles. The van der Waals surface area contributed by atoms with Crippen LogP contribution in [0.5, 0.6) is 5.75 Å². The lowest BCUT2D eigenvalue weighted by molar-refractivity contribution is -0.118. The van der Waals surface area contributed by atoms with E-state index in [4.69, 9.17) is 4.74 Å². The molecule has 3 aromatic rings. The minimum absolute atomic E-state index is 0.0558. The molecule has 7 heteroatoms. The molecule has 26 heavy (non-hydrogen) atoms. The molecule has 2 N–H and O–H groups in total. The quantitative estimate of drug-likeness (QED) is 0.561. The Hall–Kier alpha value is -2.38. The number of halogens is 1. The molecule has 1 amide bonds. The summed E-state index contributed by atoms with van der Waals surface area (Å²) in [4.78, 5) is 16.3. The van der Waals surface area contributed by atoms with Crippen molar-refractivity contribution in [3.05, 3.63) is 69.6 Å². The maximum atomic E-state index is 12.1. The molecule has 0 spiro atoms. The zero-order chi connectivity index (χ0) is 18.4. The van der Waals surface area contributed by atoms with Crippen LogP contribution in [0.2, 0.25) is 0 Å². The van der Waals surface area contributed by atoms with Crippen molar-refractivity contribution in [1.82, 2.24) is 4.98 Å². The third-order valence-corrected chi connectivity index (χ3v) is 4.80. The van der Waals surface area contributed by atoms with Crippen LogP contribution in [0.25, 0.3) is 0 Å². The number of nitrogens with zero attached hydrogens (tertiary/aromatic N) is 1. The standard InChI is InChI=1S/C19H18BrN3O2S/c1-13-2-5-16(6-3-13)23-18(24)12-25-17-7-4-15(20)10-14(17)11-22-19-21-8-9-26-19/h2-10H,11-12H2,1H3,(H,21,22)(H,23,24). The van der Waals surface area contributed by atoms with Gasteiger partial charge in [-0.3, -0.25) is 4.79 Å². The van der Waals surface area contributed by atoms with Crippen molar-refractivity contribution in [2.45, 2.75) is 13.5 Å². The molecule has 5 nitrogen and oxygen atoms in total. The number of carbonyl (C=O) groups is 1. The molecule has 0 atom stereocenters. The molecule has 0 saturated heterocycles. The van der Waals surface area contributed by atoms with Crippen molar-refractivity contribution in [2.75, 3.05) is 17.2 Å². The number of ether oxygens (including phenoxy) is 1. The first kappa shape index (κ1) is 18.4. The Balaban J connectivity index is 1.59. The van der Waals surface area contributed by atoms with Crippen LogP contribution < -0.4 is 15.4 Å². The van der Waals surface area contributed by atoms with Crippen molar-refractivity contribution < 1.29 is 9.53 Å². The molecular formula is C19H18BrN3O2S. The Morgan fingerprint density at radius 2 is 2.04 bits per heavy atom. The number of anilines is 2. The molecule has 0 unspecified atom stereocenters. The van der Waals surface area contributed by atoms with E-state index in [9.17, 15) is 4.79 Å². The van der Waals surface area contributed by atoms with Crippen molar-refractivity contribution in [1.29, 1.82) is 0 Å². The summed E-state index contributed by atoms with van der Waals surface area (Å²) in [5, 5.41) is 8.83. The van der Waals surface area contributed by atoms with Crippen LogP contribution in [-0.4, -0.2) is 17.5 Å². The normalized spacial score (nSPS) is 10.4. The molecule has 1 aromatic heterocycles. The number of rotatable bonds is 7. The van der Waals surface area contributed by atoms with Crippen LogP contribution in [0.15, 0.2) is 58.5 Å². The minimum atomic E-state index is -0.199. The van der Waals surface area contributed by atoms with Gasteiger partial charge < -0.3 is 15.4 Å². The van der Waals surface area contributed by atoms with Crippen LogP contribution in [0.4, 0.5) is 10.8 Å². The van der Waals surface area contributed by atoms with Crippen molar-refractivity contribution in [3.63, 3.8) is 0 Å². The van der Waals surface area contributed by atoms with Gasteiger partial charge in [0.2, 0.25) is 0 Å². The van der Waals surface area contributed by atoms with Crippen LogP contribution >= 0.6 is 27.3 Å². The number of thiazole rings is 1. The van der Waals surface area contributed by atoms with Gasteiger partial charge >= 0.3 is 0 Å². The smallest absolute Gasteiger partial charge is 0.262 e. The first-order valence-corrected chi connectivity index (χ1v) is 9.68. The first-order valence-electron chi connectivity index (χ1n) is 8.01. The van der Waals surface area contributed by atoms with Gasteiger partial charge in [0.25, 0.3) is 5.91 Å². The summed E-state index contributed by atoms with van der Waals surface area (Å²) < 4.78 is 6.68. The van der Waals surface area contributed by atoms with E-state index in [1.54, 1.807) is 6.20 Å². The monoisotopic (exact) mass is 431 g/mol. The summed E-state index contributed by atoms with van der Waals surface area (Å²) in [7, 11) is 0. The number of hydrogen-bond donors (Lipinski definition) is 2. The topological polar surface area (TPSA) is 63.2 Å². The third-order valence-electron chi connectivity index (χ3n) is 3.58. The van der Waals surface area contributed by atoms with Gasteiger partial charge in [0, 0.05) is 33.8 Å². The number of nitrogens with one attached hydrogen (secondary N) is 2. The summed E-state index contributed by atoms with van der Waals surface area (Å²) >= 11 is 5.00. The molecule has 0 fully saturated rings. The number of benzene rings is 2. The Labute approximate surface area is 164 Å². The minimum Gasteiger partial charge on any atom is -0.483 e. The molecule has 0 bridgehead atoms. The number of amides is 1. The number of hydrogen-bond acceptors (Lipinski definition) is 5. The summed E-state index contributed by atoms with van der Waals surface area (Å²) in [6.07, 6.45) is 1.75. The van der Waals surface area contributed by atoms with E-state index in [2.05, 4.69) is 31.5 Å². The van der Waals surface area contributed by atoms with Gasteiger partial charge in [-0.2, -0.15) is 0 Å². The molecule has 2 aromatic carbocycles. The van der Waals surface area contributed by atoms with Gasteiger partial charge in [0.1, 0.15) is 5.75 Å². The molecule has 3 rings (SSSR count). The van der Waals surface area contributed by atoms with E-state index in [-0.39, 0.29) is 12.5 Å². The van der Waals surface area contributed by atoms with Crippen LogP contribution in [0.1, 0.15) is 11.1 Å². The molecule has 0 radical (unpaired) electrons. The van der Waals surface area contributed by atoms with Gasteiger partial charge in [0.15, 0.2) is 11.7 Å². The van der Waals surface area contributed by atoms with Crippen LogP contribution in [0, 0.1) is 6.92 Å². The van der Waals surface area contributed by atoms with Gasteiger partial charge in [-0.15, -0.1) is 11.3 Å².